The van der Waals surface area contributed by atoms with Gasteiger partial charge in [-0.1, -0.05) is 6.92 Å². The molecule has 1 aromatic heterocycles. The lowest BCUT2D eigenvalue weighted by molar-refractivity contribution is -0.122. The number of hydrogen-bond acceptors (Lipinski definition) is 2. The third kappa shape index (κ3) is 2.93. The molecule has 4 nitrogen and oxygen atoms in total. The molecule has 0 spiro atoms. The number of hydrogen-bond donors (Lipinski definition) is 2. The first kappa shape index (κ1) is 13.1. The van der Waals surface area contributed by atoms with Gasteiger partial charge in [0.2, 0.25) is 5.91 Å². The Morgan fingerprint density at radius 2 is 2.39 bits per heavy atom. The Morgan fingerprint density at radius 1 is 1.61 bits per heavy atom. The molecule has 1 aromatic rings. The molecule has 1 aliphatic rings. The summed E-state index contributed by atoms with van der Waals surface area (Å²) < 4.78 is 1.89. The average molecular weight is 250 g/mol. The van der Waals surface area contributed by atoms with Gasteiger partial charge >= 0.3 is 0 Å². The number of fused-ring (bicyclic) bond motifs is 1. The third-order valence-electron chi connectivity index (χ3n) is 3.63. The number of carbonyl (C=O) groups excluding carboxylic acids is 1. The second-order valence-corrected chi connectivity index (χ2v) is 5.20. The van der Waals surface area contributed by atoms with E-state index in [1.54, 1.807) is 0 Å². The molecule has 4 heteroatoms. The van der Waals surface area contributed by atoms with Crippen molar-refractivity contribution in [3.05, 3.63) is 23.5 Å². The zero-order valence-corrected chi connectivity index (χ0v) is 11.1. The van der Waals surface area contributed by atoms with E-state index in [-0.39, 0.29) is 18.1 Å². The lowest BCUT2D eigenvalue weighted by atomic mass is 9.93. The highest BCUT2D eigenvalue weighted by atomic mass is 16.3. The van der Waals surface area contributed by atoms with Gasteiger partial charge < -0.3 is 15.0 Å². The van der Waals surface area contributed by atoms with Crippen LogP contribution < -0.4 is 5.32 Å². The summed E-state index contributed by atoms with van der Waals surface area (Å²) in [6, 6.07) is 0.216. The molecule has 0 aliphatic heterocycles. The second-order valence-electron chi connectivity index (χ2n) is 5.20. The Balaban J connectivity index is 2.00. The highest BCUT2D eigenvalue weighted by molar-refractivity contribution is 5.76. The summed E-state index contributed by atoms with van der Waals surface area (Å²) in [5.41, 5.74) is 2.18. The van der Waals surface area contributed by atoms with Crippen molar-refractivity contribution in [3.63, 3.8) is 0 Å². The summed E-state index contributed by atoms with van der Waals surface area (Å²) in [5.74, 6) is 0.0335. The molecule has 0 saturated heterocycles. The molecule has 0 saturated carbocycles. The van der Waals surface area contributed by atoms with Crippen LogP contribution in [-0.4, -0.2) is 21.6 Å². The van der Waals surface area contributed by atoms with Gasteiger partial charge in [-0.25, -0.2) is 0 Å². The van der Waals surface area contributed by atoms with Crippen LogP contribution in [0.15, 0.2) is 12.4 Å². The van der Waals surface area contributed by atoms with Crippen LogP contribution in [0.1, 0.15) is 50.3 Å². The maximum atomic E-state index is 11.8. The van der Waals surface area contributed by atoms with Crippen LogP contribution in [0.3, 0.4) is 0 Å². The first-order chi connectivity index (χ1) is 8.60. The van der Waals surface area contributed by atoms with E-state index in [1.807, 2.05) is 23.9 Å². The van der Waals surface area contributed by atoms with Crippen LogP contribution in [-0.2, 0) is 17.8 Å². The van der Waals surface area contributed by atoms with Crippen molar-refractivity contribution in [3.8, 4) is 0 Å². The number of aliphatic hydroxyl groups excluding tert-OH is 1. The van der Waals surface area contributed by atoms with Crippen molar-refractivity contribution in [2.24, 2.45) is 0 Å². The molecule has 0 bridgehead atoms. The number of nitrogens with zero attached hydrogens (tertiary/aromatic N) is 1. The summed E-state index contributed by atoms with van der Waals surface area (Å²) in [7, 11) is 0. The minimum Gasteiger partial charge on any atom is -0.388 e. The van der Waals surface area contributed by atoms with E-state index < -0.39 is 0 Å². The Hall–Kier alpha value is -1.29. The van der Waals surface area contributed by atoms with Crippen LogP contribution >= 0.6 is 0 Å². The fraction of sp³-hybridized carbons (Fsp3) is 0.643. The van der Waals surface area contributed by atoms with Crippen molar-refractivity contribution >= 4 is 5.91 Å². The molecular formula is C14H22N2O2. The normalized spacial score (nSPS) is 20.3. The highest BCUT2D eigenvalue weighted by Crippen LogP contribution is 2.30. The second kappa shape index (κ2) is 5.57. The minimum atomic E-state index is -0.354. The summed E-state index contributed by atoms with van der Waals surface area (Å²) in [4.78, 5) is 11.8. The summed E-state index contributed by atoms with van der Waals surface area (Å²) in [6.45, 7) is 4.39. The van der Waals surface area contributed by atoms with E-state index in [0.717, 1.165) is 31.2 Å². The summed E-state index contributed by atoms with van der Waals surface area (Å²) in [5, 5.41) is 12.8. The van der Waals surface area contributed by atoms with Gasteiger partial charge in [0, 0.05) is 24.0 Å². The van der Waals surface area contributed by atoms with Crippen LogP contribution in [0.5, 0.6) is 0 Å². The van der Waals surface area contributed by atoms with Gasteiger partial charge in [-0.2, -0.15) is 0 Å². The standard InChI is InChI=1S/C14H22N2O2/c1-3-10(2)15-14(18)9-16-7-11-5-4-6-13(17)12(11)8-16/h7-8,10,13,17H,3-6,9H2,1-2H3,(H,15,18). The predicted octanol–water partition coefficient (Wildman–Crippen LogP) is 1.77. The largest absolute Gasteiger partial charge is 0.388 e. The molecule has 1 aliphatic carbocycles. The molecular weight excluding hydrogens is 228 g/mol. The zero-order valence-electron chi connectivity index (χ0n) is 11.1. The van der Waals surface area contributed by atoms with Crippen molar-refractivity contribution in [2.75, 3.05) is 0 Å². The van der Waals surface area contributed by atoms with E-state index in [0.29, 0.717) is 6.54 Å². The van der Waals surface area contributed by atoms with E-state index in [9.17, 15) is 9.90 Å². The maximum absolute atomic E-state index is 11.8. The summed E-state index contributed by atoms with van der Waals surface area (Å²) >= 11 is 0. The van der Waals surface area contributed by atoms with Gasteiger partial charge in [0.15, 0.2) is 0 Å². The lowest BCUT2D eigenvalue weighted by Crippen LogP contribution is -2.34. The Morgan fingerprint density at radius 3 is 3.06 bits per heavy atom. The SMILES string of the molecule is CCC(C)NC(=O)Cn1cc2c(c1)C(O)CCC2. The van der Waals surface area contributed by atoms with E-state index in [4.69, 9.17) is 0 Å². The molecule has 2 N–H and O–H groups in total. The molecule has 18 heavy (non-hydrogen) atoms. The van der Waals surface area contributed by atoms with E-state index in [1.165, 1.54) is 5.56 Å². The zero-order chi connectivity index (χ0) is 13.1. The van der Waals surface area contributed by atoms with Gasteiger partial charge in [-0.05, 0) is 38.2 Å². The van der Waals surface area contributed by atoms with Crippen molar-refractivity contribution < 1.29 is 9.90 Å². The number of nitrogens with one attached hydrogen (secondary N) is 1. The topological polar surface area (TPSA) is 54.3 Å². The average Bonchev–Trinajstić information content (AvgIpc) is 2.72. The Labute approximate surface area is 108 Å². The molecule has 100 valence electrons. The summed E-state index contributed by atoms with van der Waals surface area (Å²) in [6.07, 6.45) is 7.35. The number of carbonyl (C=O) groups is 1. The number of aliphatic hydroxyl groups is 1. The molecule has 2 unspecified atom stereocenters. The van der Waals surface area contributed by atoms with Crippen LogP contribution in [0.25, 0.3) is 0 Å². The van der Waals surface area contributed by atoms with E-state index in [2.05, 4.69) is 12.2 Å². The molecule has 1 heterocycles. The number of aryl methyl sites for hydroxylation is 1. The third-order valence-corrected chi connectivity index (χ3v) is 3.63. The monoisotopic (exact) mass is 250 g/mol. The van der Waals surface area contributed by atoms with Gasteiger partial charge in [0.25, 0.3) is 0 Å². The minimum absolute atomic E-state index is 0.0335. The fourth-order valence-corrected chi connectivity index (χ4v) is 2.40. The highest BCUT2D eigenvalue weighted by Gasteiger charge is 2.20. The quantitative estimate of drug-likeness (QED) is 0.855. The fourth-order valence-electron chi connectivity index (χ4n) is 2.40. The molecule has 0 aromatic carbocycles. The predicted molar refractivity (Wildman–Crippen MR) is 70.2 cm³/mol. The first-order valence-corrected chi connectivity index (χ1v) is 6.76. The molecule has 0 fully saturated rings. The van der Waals surface area contributed by atoms with E-state index >= 15 is 0 Å². The lowest BCUT2D eigenvalue weighted by Gasteiger charge is -2.16. The van der Waals surface area contributed by atoms with Crippen LogP contribution in [0, 0.1) is 0 Å². The molecule has 1 amide bonds. The van der Waals surface area contributed by atoms with Crippen LogP contribution in [0.2, 0.25) is 0 Å². The smallest absolute Gasteiger partial charge is 0.240 e. The molecule has 2 atom stereocenters. The number of rotatable bonds is 4. The van der Waals surface area contributed by atoms with Crippen molar-refractivity contribution in [2.45, 2.75) is 58.2 Å². The number of aromatic nitrogens is 1. The Kier molecular flexibility index (Phi) is 4.07. The first-order valence-electron chi connectivity index (χ1n) is 6.76. The van der Waals surface area contributed by atoms with Crippen LogP contribution in [0.4, 0.5) is 0 Å². The van der Waals surface area contributed by atoms with Gasteiger partial charge in [-0.15, -0.1) is 0 Å². The van der Waals surface area contributed by atoms with Gasteiger partial charge in [0.1, 0.15) is 6.54 Å². The van der Waals surface area contributed by atoms with Crippen molar-refractivity contribution in [1.82, 2.24) is 9.88 Å². The Bertz CT molecular complexity index is 425. The molecule has 2 rings (SSSR count). The van der Waals surface area contributed by atoms with Gasteiger partial charge in [0.05, 0.1) is 6.10 Å². The molecule has 0 radical (unpaired) electrons. The maximum Gasteiger partial charge on any atom is 0.240 e. The van der Waals surface area contributed by atoms with Crippen molar-refractivity contribution in [1.29, 1.82) is 0 Å². The number of amides is 1. The van der Waals surface area contributed by atoms with Gasteiger partial charge in [-0.3, -0.25) is 4.79 Å².